The van der Waals surface area contributed by atoms with E-state index >= 15 is 0 Å². The van der Waals surface area contributed by atoms with E-state index in [1.807, 2.05) is 0 Å². The van der Waals surface area contributed by atoms with Crippen LogP contribution < -0.4 is 0 Å². The predicted molar refractivity (Wildman–Crippen MR) is 62.4 cm³/mol. The van der Waals surface area contributed by atoms with E-state index in [0.717, 1.165) is 6.42 Å². The molecule has 2 fully saturated rings. The highest BCUT2D eigenvalue weighted by Crippen LogP contribution is 2.72. The van der Waals surface area contributed by atoms with Gasteiger partial charge in [0.25, 0.3) is 0 Å². The first kappa shape index (κ1) is 9.22. The van der Waals surface area contributed by atoms with Gasteiger partial charge in [0.05, 0.1) is 0 Å². The fraction of sp³-hybridized carbons (Fsp3) is 0.333. The fourth-order valence-corrected chi connectivity index (χ4v) is 4.28. The van der Waals surface area contributed by atoms with Crippen molar-refractivity contribution < 1.29 is 14.3 Å². The Morgan fingerprint density at radius 3 is 1.94 bits per heavy atom. The third kappa shape index (κ3) is 0.627. The lowest BCUT2D eigenvalue weighted by Gasteiger charge is -2.25. The van der Waals surface area contributed by atoms with Gasteiger partial charge in [0.15, 0.2) is 22.8 Å². The van der Waals surface area contributed by atoms with Gasteiger partial charge >= 0.3 is 0 Å². The maximum atomic E-state index is 12.7. The highest BCUT2D eigenvalue weighted by Gasteiger charge is 2.89. The third-order valence-electron chi connectivity index (χ3n) is 5.05. The Kier molecular flexibility index (Phi) is 1.21. The van der Waals surface area contributed by atoms with Crippen molar-refractivity contribution in [1.82, 2.24) is 0 Å². The third-order valence-corrected chi connectivity index (χ3v) is 5.05. The van der Waals surface area contributed by atoms with Crippen LogP contribution in [0.5, 0.6) is 0 Å². The van der Waals surface area contributed by atoms with Gasteiger partial charge in [-0.05, 0) is 6.42 Å². The molecule has 3 aliphatic carbocycles. The highest BCUT2D eigenvalue weighted by atomic mass is 16.6. The molecular weight excluding hydrogens is 228 g/mol. The van der Waals surface area contributed by atoms with E-state index in [1.54, 1.807) is 24.3 Å². The molecule has 1 aromatic carbocycles. The van der Waals surface area contributed by atoms with E-state index in [9.17, 15) is 9.59 Å². The van der Waals surface area contributed by atoms with Gasteiger partial charge in [0.1, 0.15) is 0 Å². The second kappa shape index (κ2) is 2.36. The second-order valence-electron chi connectivity index (χ2n) is 5.61. The predicted octanol–water partition coefficient (Wildman–Crippen LogP) is 1.78. The maximum Gasteiger partial charge on any atom is 0.199 e. The van der Waals surface area contributed by atoms with Crippen LogP contribution in [0.3, 0.4) is 0 Å². The molecule has 0 unspecified atom stereocenters. The number of ketones is 2. The van der Waals surface area contributed by atoms with Crippen LogP contribution in [0, 0.1) is 11.8 Å². The fourth-order valence-electron chi connectivity index (χ4n) is 4.28. The minimum Gasteiger partial charge on any atom is -0.344 e. The molecule has 0 spiro atoms. The summed E-state index contributed by atoms with van der Waals surface area (Å²) < 4.78 is 5.82. The molecule has 0 radical (unpaired) electrons. The van der Waals surface area contributed by atoms with Crippen LogP contribution >= 0.6 is 0 Å². The Bertz CT molecular complexity index is 619. The molecule has 3 nitrogen and oxygen atoms in total. The first-order valence-corrected chi connectivity index (χ1v) is 6.29. The van der Waals surface area contributed by atoms with Gasteiger partial charge in [-0.25, -0.2) is 0 Å². The second-order valence-corrected chi connectivity index (χ2v) is 5.61. The number of rotatable bonds is 0. The summed E-state index contributed by atoms with van der Waals surface area (Å²) in [5.74, 6) is 0.198. The Balaban J connectivity index is 1.86. The molecule has 5 rings (SSSR count). The molecule has 88 valence electrons. The zero-order valence-electron chi connectivity index (χ0n) is 9.55. The first-order valence-electron chi connectivity index (χ1n) is 6.29. The van der Waals surface area contributed by atoms with Crippen LogP contribution in [-0.4, -0.2) is 22.8 Å². The number of fused-ring (bicyclic) bond motifs is 3. The van der Waals surface area contributed by atoms with Crippen LogP contribution in [0.15, 0.2) is 36.4 Å². The Hall–Kier alpha value is -1.74. The smallest absolute Gasteiger partial charge is 0.199 e. The number of benzene rings is 1. The summed E-state index contributed by atoms with van der Waals surface area (Å²) in [5.41, 5.74) is -0.622. The molecular formula is C15H10O3. The summed E-state index contributed by atoms with van der Waals surface area (Å²) in [6, 6.07) is 7.09. The maximum absolute atomic E-state index is 12.7. The topological polar surface area (TPSA) is 46.7 Å². The van der Waals surface area contributed by atoms with Gasteiger partial charge in [-0.15, -0.1) is 0 Å². The molecule has 1 saturated heterocycles. The highest BCUT2D eigenvalue weighted by molar-refractivity contribution is 6.26. The van der Waals surface area contributed by atoms with Crippen molar-refractivity contribution in [3.8, 4) is 0 Å². The van der Waals surface area contributed by atoms with E-state index in [2.05, 4.69) is 12.2 Å². The quantitative estimate of drug-likeness (QED) is 0.511. The molecule has 4 aliphatic rings. The summed E-state index contributed by atoms with van der Waals surface area (Å²) in [6.45, 7) is 0. The standard InChI is InChI=1S/C15H10O3/c16-12-10-3-1-2-4-11(10)13(17)15-9-6-5-8(7-9)14(12,15)18-15/h1-6,8-9H,7H2/t8-,9+,14-,15-/m0/s1. The SMILES string of the molecule is O=C1c2ccccc2C(=O)[C@]23O[C@@]12[C@@H]1C=C[C@H]3C1. The van der Waals surface area contributed by atoms with Crippen molar-refractivity contribution in [3.63, 3.8) is 0 Å². The lowest BCUT2D eigenvalue weighted by Crippen LogP contribution is -2.47. The molecule has 1 aromatic rings. The largest absolute Gasteiger partial charge is 0.344 e. The number of carbonyl (C=O) groups is 2. The first-order chi connectivity index (χ1) is 8.72. The van der Waals surface area contributed by atoms with Crippen molar-refractivity contribution in [2.24, 2.45) is 11.8 Å². The molecule has 0 N–H and O–H groups in total. The zero-order chi connectivity index (χ0) is 12.1. The van der Waals surface area contributed by atoms with E-state index in [0.29, 0.717) is 11.1 Å². The summed E-state index contributed by atoms with van der Waals surface area (Å²) in [5, 5.41) is 0. The van der Waals surface area contributed by atoms with Gasteiger partial charge in [0.2, 0.25) is 0 Å². The van der Waals surface area contributed by atoms with Crippen molar-refractivity contribution in [3.05, 3.63) is 47.5 Å². The number of ether oxygens (including phenoxy) is 1. The van der Waals surface area contributed by atoms with Gasteiger partial charge in [-0.1, -0.05) is 36.4 Å². The Labute approximate surface area is 103 Å². The summed E-state index contributed by atoms with van der Waals surface area (Å²) in [4.78, 5) is 25.4. The number of hydrogen-bond acceptors (Lipinski definition) is 3. The van der Waals surface area contributed by atoms with E-state index in [-0.39, 0.29) is 23.4 Å². The average molecular weight is 238 g/mol. The summed E-state index contributed by atoms with van der Waals surface area (Å²) in [7, 11) is 0. The number of epoxide rings is 1. The van der Waals surface area contributed by atoms with Gasteiger partial charge in [0, 0.05) is 23.0 Å². The number of Topliss-reactive ketones (excluding diaryl/α,β-unsaturated/α-hetero) is 2. The molecule has 1 heterocycles. The van der Waals surface area contributed by atoms with Crippen molar-refractivity contribution in [2.45, 2.75) is 17.6 Å². The van der Waals surface area contributed by atoms with E-state index in [4.69, 9.17) is 4.74 Å². The van der Waals surface area contributed by atoms with Crippen LogP contribution in [0.4, 0.5) is 0 Å². The number of hydrogen-bond donors (Lipinski definition) is 0. The lowest BCUT2D eigenvalue weighted by molar-refractivity contribution is 0.0811. The minimum absolute atomic E-state index is 0.00884. The van der Waals surface area contributed by atoms with Crippen LogP contribution in [0.1, 0.15) is 27.1 Å². The zero-order valence-corrected chi connectivity index (χ0v) is 9.55. The molecule has 4 atom stereocenters. The Morgan fingerprint density at radius 1 is 0.944 bits per heavy atom. The molecule has 18 heavy (non-hydrogen) atoms. The van der Waals surface area contributed by atoms with Crippen LogP contribution in [0.25, 0.3) is 0 Å². The van der Waals surface area contributed by atoms with E-state index < -0.39 is 11.2 Å². The van der Waals surface area contributed by atoms with Crippen LogP contribution in [0.2, 0.25) is 0 Å². The molecule has 0 aromatic heterocycles. The van der Waals surface area contributed by atoms with E-state index in [1.165, 1.54) is 0 Å². The lowest BCUT2D eigenvalue weighted by atomic mass is 9.69. The minimum atomic E-state index is -0.849. The Morgan fingerprint density at radius 2 is 1.44 bits per heavy atom. The summed E-state index contributed by atoms with van der Waals surface area (Å²) >= 11 is 0. The van der Waals surface area contributed by atoms with Gasteiger partial charge in [-0.2, -0.15) is 0 Å². The normalized spacial score (nSPS) is 45.8. The molecule has 1 saturated carbocycles. The van der Waals surface area contributed by atoms with Crippen molar-refractivity contribution in [1.29, 1.82) is 0 Å². The van der Waals surface area contributed by atoms with Crippen molar-refractivity contribution >= 4 is 11.6 Å². The average Bonchev–Trinajstić information content (AvgIpc) is 2.82. The number of carbonyl (C=O) groups excluding carboxylic acids is 2. The molecule has 3 heteroatoms. The van der Waals surface area contributed by atoms with Crippen LogP contribution in [-0.2, 0) is 4.74 Å². The molecule has 2 bridgehead atoms. The molecule has 1 aliphatic heterocycles. The van der Waals surface area contributed by atoms with Crippen molar-refractivity contribution in [2.75, 3.05) is 0 Å². The summed E-state index contributed by atoms with van der Waals surface area (Å²) in [6.07, 6.45) is 4.98. The molecule has 0 amide bonds. The van der Waals surface area contributed by atoms with Gasteiger partial charge in [-0.3, -0.25) is 9.59 Å². The van der Waals surface area contributed by atoms with Gasteiger partial charge < -0.3 is 4.74 Å². The monoisotopic (exact) mass is 238 g/mol.